The number of hydrogen-bond donors (Lipinski definition) is 0. The van der Waals surface area contributed by atoms with Crippen molar-refractivity contribution >= 4 is 12.0 Å². The lowest BCUT2D eigenvalue weighted by molar-refractivity contribution is -0.110. The third kappa shape index (κ3) is 2.18. The van der Waals surface area contributed by atoms with Crippen LogP contribution in [-0.2, 0) is 4.79 Å². The summed E-state index contributed by atoms with van der Waals surface area (Å²) < 4.78 is 24.9. The molecule has 3 nitrogen and oxygen atoms in total. The Morgan fingerprint density at radius 2 is 2.38 bits per heavy atom. The fraction of sp³-hybridized carbons (Fsp3) is 0.455. The summed E-state index contributed by atoms with van der Waals surface area (Å²) in [6.45, 7) is 1.34. The summed E-state index contributed by atoms with van der Waals surface area (Å²) >= 11 is 0. The van der Waals surface area contributed by atoms with Gasteiger partial charge in [-0.1, -0.05) is 0 Å². The molecule has 1 aromatic rings. The quantitative estimate of drug-likeness (QED) is 0.739. The smallest absolute Gasteiger partial charge is 0.280 e. The summed E-state index contributed by atoms with van der Waals surface area (Å²) in [6.07, 6.45) is 0.542. The second-order valence-electron chi connectivity index (χ2n) is 3.87. The Bertz CT molecular complexity index is 384. The van der Waals surface area contributed by atoms with Crippen molar-refractivity contribution in [1.82, 2.24) is 4.98 Å². The van der Waals surface area contributed by atoms with Gasteiger partial charge < -0.3 is 9.69 Å². The largest absolute Gasteiger partial charge is 0.371 e. The van der Waals surface area contributed by atoms with E-state index in [2.05, 4.69) is 4.98 Å². The van der Waals surface area contributed by atoms with Crippen LogP contribution >= 0.6 is 0 Å². The first-order chi connectivity index (χ1) is 7.70. The lowest BCUT2D eigenvalue weighted by Gasteiger charge is -2.18. The topological polar surface area (TPSA) is 33.2 Å². The minimum absolute atomic E-state index is 0.0168. The number of carbonyl (C=O) groups is 1. The summed E-state index contributed by atoms with van der Waals surface area (Å²) in [5.41, 5.74) is 0.502. The highest BCUT2D eigenvalue weighted by molar-refractivity contribution is 5.58. The van der Waals surface area contributed by atoms with Gasteiger partial charge in [0.2, 0.25) is 0 Å². The second kappa shape index (κ2) is 4.55. The minimum atomic E-state index is -2.55. The van der Waals surface area contributed by atoms with E-state index < -0.39 is 6.43 Å². The number of carbonyl (C=O) groups excluding carboxylic acids is 1. The lowest BCUT2D eigenvalue weighted by atomic mass is 10.1. The van der Waals surface area contributed by atoms with Crippen molar-refractivity contribution in [3.05, 3.63) is 24.0 Å². The van der Waals surface area contributed by atoms with Crippen molar-refractivity contribution in [2.75, 3.05) is 18.0 Å². The highest BCUT2D eigenvalue weighted by atomic mass is 19.3. The van der Waals surface area contributed by atoms with Crippen molar-refractivity contribution in [1.29, 1.82) is 0 Å². The van der Waals surface area contributed by atoms with Crippen LogP contribution in [0.3, 0.4) is 0 Å². The van der Waals surface area contributed by atoms with Gasteiger partial charge in [0.25, 0.3) is 6.43 Å². The van der Waals surface area contributed by atoms with Crippen LogP contribution < -0.4 is 4.90 Å². The first-order valence-electron chi connectivity index (χ1n) is 5.15. The summed E-state index contributed by atoms with van der Waals surface area (Å²) in [4.78, 5) is 16.1. The van der Waals surface area contributed by atoms with Crippen LogP contribution in [-0.4, -0.2) is 24.4 Å². The van der Waals surface area contributed by atoms with Gasteiger partial charge in [0, 0.05) is 30.9 Å². The zero-order valence-electron chi connectivity index (χ0n) is 8.64. The van der Waals surface area contributed by atoms with E-state index >= 15 is 0 Å². The third-order valence-corrected chi connectivity index (χ3v) is 2.77. The van der Waals surface area contributed by atoms with E-state index in [1.807, 2.05) is 4.90 Å². The number of alkyl halides is 2. The number of aromatic nitrogens is 1. The monoisotopic (exact) mass is 226 g/mol. The van der Waals surface area contributed by atoms with Gasteiger partial charge in [-0.3, -0.25) is 4.98 Å². The molecular formula is C11H12F2N2O. The zero-order chi connectivity index (χ0) is 11.5. The van der Waals surface area contributed by atoms with Crippen LogP contribution in [0.4, 0.5) is 14.5 Å². The average Bonchev–Trinajstić information content (AvgIpc) is 2.77. The molecule has 0 N–H and O–H groups in total. The number of pyridine rings is 1. The molecule has 0 spiro atoms. The molecule has 16 heavy (non-hydrogen) atoms. The molecule has 2 heterocycles. The van der Waals surface area contributed by atoms with Crippen LogP contribution in [0.1, 0.15) is 18.5 Å². The molecule has 86 valence electrons. The minimum Gasteiger partial charge on any atom is -0.371 e. The zero-order valence-corrected chi connectivity index (χ0v) is 8.64. The molecule has 0 bridgehead atoms. The fourth-order valence-corrected chi connectivity index (χ4v) is 1.89. The number of aldehydes is 1. The number of hydrogen-bond acceptors (Lipinski definition) is 3. The van der Waals surface area contributed by atoms with Crippen molar-refractivity contribution in [2.45, 2.75) is 12.8 Å². The van der Waals surface area contributed by atoms with Gasteiger partial charge in [-0.05, 0) is 18.6 Å². The van der Waals surface area contributed by atoms with Crippen LogP contribution in [0, 0.1) is 5.92 Å². The van der Waals surface area contributed by atoms with Gasteiger partial charge in [0.15, 0.2) is 0 Å². The van der Waals surface area contributed by atoms with Gasteiger partial charge in [0.1, 0.15) is 12.0 Å². The van der Waals surface area contributed by atoms with E-state index in [1.165, 1.54) is 12.3 Å². The summed E-state index contributed by atoms with van der Waals surface area (Å²) in [7, 11) is 0. The molecule has 0 radical (unpaired) electrons. The highest BCUT2D eigenvalue weighted by Crippen LogP contribution is 2.25. The van der Waals surface area contributed by atoms with E-state index in [0.29, 0.717) is 6.54 Å². The van der Waals surface area contributed by atoms with E-state index in [0.717, 1.165) is 24.9 Å². The number of nitrogens with zero attached hydrogens (tertiary/aromatic N) is 2. The maximum absolute atomic E-state index is 12.4. The predicted octanol–water partition coefficient (Wildman–Crippen LogP) is 2.04. The van der Waals surface area contributed by atoms with Gasteiger partial charge in [-0.15, -0.1) is 0 Å². The van der Waals surface area contributed by atoms with Crippen molar-refractivity contribution in [3.8, 4) is 0 Å². The van der Waals surface area contributed by atoms with Gasteiger partial charge in [-0.2, -0.15) is 0 Å². The molecule has 1 fully saturated rings. The average molecular weight is 226 g/mol. The fourth-order valence-electron chi connectivity index (χ4n) is 1.89. The Balaban J connectivity index is 2.15. The second-order valence-corrected chi connectivity index (χ2v) is 3.87. The van der Waals surface area contributed by atoms with E-state index in [1.54, 1.807) is 6.07 Å². The molecule has 0 unspecified atom stereocenters. The molecule has 1 aromatic heterocycles. The molecule has 1 atom stereocenters. The molecule has 0 aliphatic carbocycles. The molecule has 0 aromatic carbocycles. The summed E-state index contributed by atoms with van der Waals surface area (Å²) in [6, 6.07) is 3.08. The van der Waals surface area contributed by atoms with Gasteiger partial charge in [0.05, 0.1) is 0 Å². The Morgan fingerprint density at radius 3 is 3.00 bits per heavy atom. The van der Waals surface area contributed by atoms with Gasteiger partial charge >= 0.3 is 0 Å². The summed E-state index contributed by atoms with van der Waals surface area (Å²) in [5.74, 6) is 0.0168. The Hall–Kier alpha value is -1.52. The maximum atomic E-state index is 12.4. The van der Waals surface area contributed by atoms with Crippen molar-refractivity contribution in [2.24, 2.45) is 5.92 Å². The first-order valence-corrected chi connectivity index (χ1v) is 5.15. The molecule has 0 amide bonds. The van der Waals surface area contributed by atoms with E-state index in [-0.39, 0.29) is 11.6 Å². The predicted molar refractivity (Wildman–Crippen MR) is 55.6 cm³/mol. The molecule has 5 heteroatoms. The lowest BCUT2D eigenvalue weighted by Crippen LogP contribution is -2.20. The maximum Gasteiger partial charge on any atom is 0.280 e. The number of halogens is 2. The molecule has 2 rings (SSSR count). The molecule has 1 aliphatic heterocycles. The Kier molecular flexibility index (Phi) is 3.12. The Labute approximate surface area is 92.1 Å². The molecular weight excluding hydrogens is 214 g/mol. The highest BCUT2D eigenvalue weighted by Gasteiger charge is 2.22. The SMILES string of the molecule is O=C[C@@H]1CCN(c2ccnc(C(F)F)c2)C1. The van der Waals surface area contributed by atoms with Crippen LogP contribution in [0.25, 0.3) is 0 Å². The Morgan fingerprint density at radius 1 is 1.56 bits per heavy atom. The molecule has 1 saturated heterocycles. The standard InChI is InChI=1S/C11H12F2N2O/c12-11(13)10-5-9(1-3-14-10)15-4-2-8(6-15)7-16/h1,3,5,7-8,11H,2,4,6H2/t8-/m1/s1. The van der Waals surface area contributed by atoms with E-state index in [9.17, 15) is 13.6 Å². The van der Waals surface area contributed by atoms with E-state index in [4.69, 9.17) is 0 Å². The number of anilines is 1. The van der Waals surface area contributed by atoms with Gasteiger partial charge in [-0.25, -0.2) is 8.78 Å². The van der Waals surface area contributed by atoms with Crippen LogP contribution in [0.2, 0.25) is 0 Å². The normalized spacial score (nSPS) is 20.4. The summed E-state index contributed by atoms with van der Waals surface area (Å²) in [5, 5.41) is 0. The van der Waals surface area contributed by atoms with Crippen molar-refractivity contribution in [3.63, 3.8) is 0 Å². The van der Waals surface area contributed by atoms with Crippen LogP contribution in [0.5, 0.6) is 0 Å². The molecule has 1 aliphatic rings. The third-order valence-electron chi connectivity index (χ3n) is 2.77. The van der Waals surface area contributed by atoms with Crippen molar-refractivity contribution < 1.29 is 13.6 Å². The van der Waals surface area contributed by atoms with Crippen LogP contribution in [0.15, 0.2) is 18.3 Å². The number of rotatable bonds is 3. The molecule has 0 saturated carbocycles. The first kappa shape index (κ1) is 11.0.